The monoisotopic (exact) mass is 592 g/mol. The maximum Gasteiger partial charge on any atom is 0.236 e. The van der Waals surface area contributed by atoms with Crippen LogP contribution in [0.1, 0.15) is 48.5 Å². The van der Waals surface area contributed by atoms with Crippen molar-refractivity contribution in [1.82, 2.24) is 10.2 Å². The van der Waals surface area contributed by atoms with Crippen LogP contribution in [0.15, 0.2) is 42.5 Å². The van der Waals surface area contributed by atoms with Crippen LogP contribution in [0.3, 0.4) is 0 Å². The van der Waals surface area contributed by atoms with E-state index in [-0.39, 0.29) is 31.1 Å². The summed E-state index contributed by atoms with van der Waals surface area (Å²) in [7, 11) is 0. The molecule has 41 heavy (non-hydrogen) atoms. The molecule has 2 aliphatic heterocycles. The van der Waals surface area contributed by atoms with Crippen molar-refractivity contribution >= 4 is 17.5 Å². The van der Waals surface area contributed by atoms with E-state index in [1.165, 1.54) is 0 Å². The Kier molecular flexibility index (Phi) is 9.81. The molecule has 9 nitrogen and oxygen atoms in total. The van der Waals surface area contributed by atoms with E-state index in [0.29, 0.717) is 30.0 Å². The summed E-state index contributed by atoms with van der Waals surface area (Å²) in [5, 5.41) is 44.1. The van der Waals surface area contributed by atoms with Crippen LogP contribution < -0.4 is 10.1 Å². The summed E-state index contributed by atoms with van der Waals surface area (Å²) >= 11 is 6.47. The van der Waals surface area contributed by atoms with Gasteiger partial charge < -0.3 is 40.1 Å². The molecule has 5 rings (SSSR count). The number of aliphatic hydroxyl groups excluding tert-OH is 4. The fraction of sp³-hybridized carbons (Fsp3) is 0.567. The molecule has 0 unspecified atom stereocenters. The first-order valence-electron chi connectivity index (χ1n) is 14.2. The first-order valence-corrected chi connectivity index (χ1v) is 14.6. The van der Waals surface area contributed by atoms with Crippen molar-refractivity contribution < 1.29 is 39.1 Å². The van der Waals surface area contributed by atoms with Crippen LogP contribution in [0.4, 0.5) is 4.39 Å². The van der Waals surface area contributed by atoms with Crippen LogP contribution in [0.2, 0.25) is 5.02 Å². The van der Waals surface area contributed by atoms with Crippen molar-refractivity contribution in [3.8, 4) is 5.75 Å². The molecule has 1 saturated carbocycles. The van der Waals surface area contributed by atoms with Gasteiger partial charge in [0.2, 0.25) is 5.91 Å². The van der Waals surface area contributed by atoms with E-state index >= 15 is 0 Å². The number of carbonyl (C=O) groups excluding carboxylic acids is 1. The number of aliphatic hydroxyl groups is 4. The summed E-state index contributed by atoms with van der Waals surface area (Å²) in [6, 6.07) is 13.1. The summed E-state index contributed by atoms with van der Waals surface area (Å²) < 4.78 is 25.2. The van der Waals surface area contributed by atoms with Gasteiger partial charge in [0.05, 0.1) is 19.7 Å². The van der Waals surface area contributed by atoms with Crippen molar-refractivity contribution in [3.05, 3.63) is 64.2 Å². The molecule has 11 heteroatoms. The Labute approximate surface area is 243 Å². The van der Waals surface area contributed by atoms with E-state index in [4.69, 9.17) is 21.1 Å². The lowest BCUT2D eigenvalue weighted by Gasteiger charge is -2.40. The van der Waals surface area contributed by atoms with Crippen LogP contribution in [0.5, 0.6) is 5.75 Å². The summed E-state index contributed by atoms with van der Waals surface area (Å²) in [5.41, 5.74) is 2.37. The van der Waals surface area contributed by atoms with Crippen molar-refractivity contribution in [1.29, 1.82) is 0 Å². The van der Waals surface area contributed by atoms with Gasteiger partial charge in [-0.15, -0.1) is 0 Å². The Bertz CT molecular complexity index is 1190. The molecular weight excluding hydrogens is 555 g/mol. The first-order chi connectivity index (χ1) is 19.7. The number of carbonyl (C=O) groups is 1. The molecule has 3 fully saturated rings. The number of benzene rings is 2. The van der Waals surface area contributed by atoms with Gasteiger partial charge in [-0.2, -0.15) is 0 Å². The molecule has 2 heterocycles. The zero-order valence-corrected chi connectivity index (χ0v) is 23.5. The first kappa shape index (κ1) is 30.2. The maximum absolute atomic E-state index is 13.4. The minimum atomic E-state index is -1.45. The highest BCUT2D eigenvalue weighted by molar-refractivity contribution is 6.31. The Morgan fingerprint density at radius 2 is 1.85 bits per heavy atom. The molecule has 2 aromatic rings. The van der Waals surface area contributed by atoms with Crippen molar-refractivity contribution in [2.24, 2.45) is 0 Å². The zero-order chi connectivity index (χ0) is 29.1. The fourth-order valence-electron chi connectivity index (χ4n) is 5.90. The van der Waals surface area contributed by atoms with Gasteiger partial charge in [-0.1, -0.05) is 35.9 Å². The van der Waals surface area contributed by atoms with Crippen LogP contribution in [-0.4, -0.2) is 100 Å². The number of alkyl halides is 1. The summed E-state index contributed by atoms with van der Waals surface area (Å²) in [5.74, 6) is 0.701. The number of likely N-dealkylation sites (tertiary alicyclic amines) is 1. The number of rotatable bonds is 9. The van der Waals surface area contributed by atoms with Crippen LogP contribution in [-0.2, 0) is 16.0 Å². The lowest BCUT2D eigenvalue weighted by atomic mass is 9.90. The number of halogens is 2. The average molecular weight is 593 g/mol. The normalized spacial score (nSPS) is 31.9. The second kappa shape index (κ2) is 13.3. The molecule has 1 amide bonds. The Morgan fingerprint density at radius 3 is 2.56 bits per heavy atom. The second-order valence-electron chi connectivity index (χ2n) is 11.3. The number of nitrogens with zero attached hydrogens (tertiary/aromatic N) is 1. The van der Waals surface area contributed by atoms with Gasteiger partial charge >= 0.3 is 0 Å². The Balaban J connectivity index is 1.14. The quantitative estimate of drug-likeness (QED) is 0.298. The molecule has 1 aliphatic carbocycles. The van der Waals surface area contributed by atoms with Gasteiger partial charge in [-0.25, -0.2) is 4.39 Å². The van der Waals surface area contributed by atoms with Crippen molar-refractivity contribution in [2.75, 3.05) is 26.2 Å². The van der Waals surface area contributed by atoms with Crippen LogP contribution >= 0.6 is 11.6 Å². The van der Waals surface area contributed by atoms with Crippen molar-refractivity contribution in [3.63, 3.8) is 0 Å². The van der Waals surface area contributed by atoms with Gasteiger partial charge in [0.1, 0.15) is 48.5 Å². The third-order valence-electron chi connectivity index (χ3n) is 8.32. The predicted molar refractivity (Wildman–Crippen MR) is 150 cm³/mol. The number of amides is 1. The summed E-state index contributed by atoms with van der Waals surface area (Å²) in [4.78, 5) is 13.9. The molecule has 224 valence electrons. The second-order valence-corrected chi connectivity index (χ2v) is 11.7. The molecule has 0 spiro atoms. The number of nitrogens with one attached hydrogen (secondary N) is 1. The average Bonchev–Trinajstić information content (AvgIpc) is 3.61. The molecule has 8 atom stereocenters. The smallest absolute Gasteiger partial charge is 0.236 e. The minimum Gasteiger partial charge on any atom is -0.490 e. The molecule has 2 saturated heterocycles. The van der Waals surface area contributed by atoms with Gasteiger partial charge in [0, 0.05) is 17.6 Å². The molecule has 0 bridgehead atoms. The zero-order valence-electron chi connectivity index (χ0n) is 22.7. The minimum absolute atomic E-state index is 0.0418. The number of hydrogen-bond donors (Lipinski definition) is 5. The highest BCUT2D eigenvalue weighted by Crippen LogP contribution is 2.34. The molecule has 3 aliphatic rings. The number of ether oxygens (including phenoxy) is 2. The molecule has 0 aromatic heterocycles. The SMILES string of the molecule is O=C(CN[C@H]1CC[C@H](Oc2ccc(Cc3cc([C@@H]4O[C@H](CO)[C@@H](O)[C@H](O)[C@H]4O)ccc3Cl)cc2)C1)N1CC[C@H](F)C1. The fourth-order valence-corrected chi connectivity index (χ4v) is 6.09. The lowest BCUT2D eigenvalue weighted by molar-refractivity contribution is -0.231. The third kappa shape index (κ3) is 7.19. The Hall–Kier alpha value is -2.31. The highest BCUT2D eigenvalue weighted by Gasteiger charge is 2.44. The number of hydrogen-bond acceptors (Lipinski definition) is 8. The van der Waals surface area contributed by atoms with Crippen LogP contribution in [0, 0.1) is 0 Å². The van der Waals surface area contributed by atoms with Gasteiger partial charge in [0.25, 0.3) is 0 Å². The van der Waals surface area contributed by atoms with E-state index < -0.39 is 43.3 Å². The van der Waals surface area contributed by atoms with E-state index in [0.717, 1.165) is 36.1 Å². The lowest BCUT2D eigenvalue weighted by Crippen LogP contribution is -2.55. The molecule has 5 N–H and O–H groups in total. The Morgan fingerprint density at radius 1 is 1.07 bits per heavy atom. The predicted octanol–water partition coefficient (Wildman–Crippen LogP) is 1.91. The van der Waals surface area contributed by atoms with E-state index in [2.05, 4.69) is 5.32 Å². The van der Waals surface area contributed by atoms with Gasteiger partial charge in [-0.3, -0.25) is 4.79 Å². The summed E-state index contributed by atoms with van der Waals surface area (Å²) in [6.07, 6.45) is -3.50. The van der Waals surface area contributed by atoms with E-state index in [1.54, 1.807) is 23.1 Å². The van der Waals surface area contributed by atoms with E-state index in [9.17, 15) is 29.6 Å². The largest absolute Gasteiger partial charge is 0.490 e. The third-order valence-corrected chi connectivity index (χ3v) is 8.69. The summed E-state index contributed by atoms with van der Waals surface area (Å²) in [6.45, 7) is 0.417. The van der Waals surface area contributed by atoms with Gasteiger partial charge in [-0.05, 0) is 67.0 Å². The highest BCUT2D eigenvalue weighted by atomic mass is 35.5. The van der Waals surface area contributed by atoms with Crippen molar-refractivity contribution in [2.45, 2.75) is 80.9 Å². The van der Waals surface area contributed by atoms with Crippen LogP contribution in [0.25, 0.3) is 0 Å². The van der Waals surface area contributed by atoms with E-state index in [1.807, 2.05) is 24.3 Å². The van der Waals surface area contributed by atoms with Gasteiger partial charge in [0.15, 0.2) is 0 Å². The molecule has 0 radical (unpaired) electrons. The maximum atomic E-state index is 13.4. The molecular formula is C30H38ClFN2O7. The molecule has 2 aromatic carbocycles. The standard InChI is InChI=1S/C30H38ClFN2O7/c31-24-8-3-18(30-29(39)28(38)27(37)25(16-35)41-30)12-19(24)11-17-1-5-22(6-2-17)40-23-7-4-21(13-23)33-14-26(36)34-10-9-20(32)15-34/h1-3,5-6,8,12,20-21,23,25,27-30,33,35,37-39H,4,7,9-11,13-16H2/t20-,21-,23-,25+,27+,28-,29+,30-/m0/s1. The topological polar surface area (TPSA) is 132 Å².